The number of nitrogens with one attached hydrogen (secondary N) is 1. The number of anilines is 1. The van der Waals surface area contributed by atoms with Crippen LogP contribution in [0.1, 0.15) is 50.5 Å². The summed E-state index contributed by atoms with van der Waals surface area (Å²) >= 11 is 0. The number of benzene rings is 1. The van der Waals surface area contributed by atoms with E-state index in [1.54, 1.807) is 12.1 Å². The highest BCUT2D eigenvalue weighted by Gasteiger charge is 2.48. The molecule has 1 saturated heterocycles. The van der Waals surface area contributed by atoms with Crippen molar-refractivity contribution in [3.8, 4) is 0 Å². The Labute approximate surface area is 138 Å². The smallest absolute Gasteiger partial charge is 0.123 e. The zero-order chi connectivity index (χ0) is 15.4. The van der Waals surface area contributed by atoms with Gasteiger partial charge in [0, 0.05) is 23.7 Å². The first kappa shape index (κ1) is 14.3. The quantitative estimate of drug-likeness (QED) is 0.837. The second kappa shape index (κ2) is 5.20. The van der Waals surface area contributed by atoms with Gasteiger partial charge in [0.1, 0.15) is 5.82 Å². The molecule has 3 atom stereocenters. The summed E-state index contributed by atoms with van der Waals surface area (Å²) in [5.41, 5.74) is 2.58. The van der Waals surface area contributed by atoms with Gasteiger partial charge in [0.2, 0.25) is 0 Å². The molecule has 2 heterocycles. The van der Waals surface area contributed by atoms with E-state index in [1.165, 1.54) is 63.6 Å². The largest absolute Gasteiger partial charge is 0.384 e. The summed E-state index contributed by atoms with van der Waals surface area (Å²) in [5.74, 6) is 1.94. The second-order valence-electron chi connectivity index (χ2n) is 8.37. The van der Waals surface area contributed by atoms with E-state index in [2.05, 4.69) is 10.2 Å². The fraction of sp³-hybridized carbons (Fsp3) is 0.700. The van der Waals surface area contributed by atoms with Gasteiger partial charge in [-0.05, 0) is 74.4 Å². The lowest BCUT2D eigenvalue weighted by Gasteiger charge is -2.55. The molecular formula is C20H27FN2. The van der Waals surface area contributed by atoms with Crippen LogP contribution in [0.5, 0.6) is 0 Å². The molecule has 2 saturated carbocycles. The molecule has 0 radical (unpaired) electrons. The number of piperidine rings is 1. The zero-order valence-corrected chi connectivity index (χ0v) is 13.9. The molecule has 5 rings (SSSR count). The number of hydrogen-bond donors (Lipinski definition) is 1. The minimum absolute atomic E-state index is 0.0849. The molecule has 2 aliphatic carbocycles. The standard InChI is InChI=1S/C20H27FN2/c21-15-5-6-18-17(12-15)20(13-22-18)7-9-23(10-8-20)19-11-14-3-1-2-4-16(14)19/h5-6,12,14,16,19,22H,1-4,7-11,13H2. The molecule has 0 aromatic heterocycles. The number of hydrogen-bond acceptors (Lipinski definition) is 2. The molecule has 1 spiro atoms. The zero-order valence-electron chi connectivity index (χ0n) is 13.9. The fourth-order valence-corrected chi connectivity index (χ4v) is 5.94. The van der Waals surface area contributed by atoms with Crippen LogP contribution >= 0.6 is 0 Å². The number of rotatable bonds is 1. The van der Waals surface area contributed by atoms with Gasteiger partial charge in [0.05, 0.1) is 0 Å². The Morgan fingerprint density at radius 2 is 1.96 bits per heavy atom. The average Bonchev–Trinajstić information content (AvgIpc) is 2.89. The lowest BCUT2D eigenvalue weighted by molar-refractivity contribution is -0.0379. The maximum atomic E-state index is 13.7. The van der Waals surface area contributed by atoms with Crippen LogP contribution in [0.2, 0.25) is 0 Å². The minimum atomic E-state index is -0.0849. The Morgan fingerprint density at radius 1 is 1.13 bits per heavy atom. The molecule has 1 aromatic carbocycles. The van der Waals surface area contributed by atoms with Crippen molar-refractivity contribution < 1.29 is 4.39 Å². The van der Waals surface area contributed by atoms with Crippen LogP contribution in [0.25, 0.3) is 0 Å². The van der Waals surface area contributed by atoms with E-state index in [0.29, 0.717) is 0 Å². The van der Waals surface area contributed by atoms with E-state index < -0.39 is 0 Å². The maximum absolute atomic E-state index is 13.7. The molecule has 2 nitrogen and oxygen atoms in total. The predicted molar refractivity (Wildman–Crippen MR) is 91.2 cm³/mol. The van der Waals surface area contributed by atoms with Crippen LogP contribution < -0.4 is 5.32 Å². The average molecular weight is 314 g/mol. The first-order valence-corrected chi connectivity index (χ1v) is 9.53. The lowest BCUT2D eigenvalue weighted by Crippen LogP contribution is -2.57. The number of likely N-dealkylation sites (tertiary alicyclic amines) is 1. The Balaban J connectivity index is 1.30. The fourth-order valence-electron chi connectivity index (χ4n) is 5.94. The van der Waals surface area contributed by atoms with E-state index in [1.807, 2.05) is 6.07 Å². The van der Waals surface area contributed by atoms with Crippen molar-refractivity contribution in [3.05, 3.63) is 29.6 Å². The normalized spacial score (nSPS) is 35.3. The summed E-state index contributed by atoms with van der Waals surface area (Å²) in [7, 11) is 0. The molecule has 124 valence electrons. The molecule has 0 bridgehead atoms. The molecule has 3 unspecified atom stereocenters. The monoisotopic (exact) mass is 314 g/mol. The molecule has 2 aliphatic heterocycles. The Morgan fingerprint density at radius 3 is 2.78 bits per heavy atom. The van der Waals surface area contributed by atoms with Crippen molar-refractivity contribution in [2.75, 3.05) is 25.0 Å². The molecule has 1 aromatic rings. The highest BCUT2D eigenvalue weighted by molar-refractivity contribution is 5.60. The van der Waals surface area contributed by atoms with Gasteiger partial charge in [-0.3, -0.25) is 0 Å². The summed E-state index contributed by atoms with van der Waals surface area (Å²) < 4.78 is 13.7. The molecule has 0 amide bonds. The van der Waals surface area contributed by atoms with Crippen LogP contribution in [0.4, 0.5) is 10.1 Å². The summed E-state index contributed by atoms with van der Waals surface area (Å²) in [5, 5.41) is 3.52. The molecule has 1 N–H and O–H groups in total. The SMILES string of the molecule is Fc1ccc2c(c1)C1(CCN(C3CC4CCCCC43)CC1)CN2. The third-order valence-corrected chi connectivity index (χ3v) is 7.40. The molecule has 3 fully saturated rings. The predicted octanol–water partition coefficient (Wildman–Crippen LogP) is 4.16. The van der Waals surface area contributed by atoms with Crippen molar-refractivity contribution in [1.29, 1.82) is 0 Å². The second-order valence-corrected chi connectivity index (χ2v) is 8.37. The molecule has 3 heteroatoms. The Bertz CT molecular complexity index is 606. The Hall–Kier alpha value is -1.09. The van der Waals surface area contributed by atoms with Crippen LogP contribution in [-0.4, -0.2) is 30.6 Å². The topological polar surface area (TPSA) is 15.3 Å². The maximum Gasteiger partial charge on any atom is 0.123 e. The van der Waals surface area contributed by atoms with Gasteiger partial charge in [0.25, 0.3) is 0 Å². The number of nitrogens with zero attached hydrogens (tertiary/aromatic N) is 1. The van der Waals surface area contributed by atoms with E-state index in [9.17, 15) is 4.39 Å². The van der Waals surface area contributed by atoms with Gasteiger partial charge >= 0.3 is 0 Å². The van der Waals surface area contributed by atoms with E-state index in [4.69, 9.17) is 0 Å². The van der Waals surface area contributed by atoms with Crippen LogP contribution in [0.3, 0.4) is 0 Å². The number of fused-ring (bicyclic) bond motifs is 3. The van der Waals surface area contributed by atoms with E-state index in [-0.39, 0.29) is 11.2 Å². The summed E-state index contributed by atoms with van der Waals surface area (Å²) in [6.45, 7) is 3.40. The van der Waals surface area contributed by atoms with E-state index in [0.717, 1.165) is 30.1 Å². The highest BCUT2D eigenvalue weighted by Crippen LogP contribution is 2.50. The molecular weight excluding hydrogens is 287 g/mol. The third kappa shape index (κ3) is 2.15. The van der Waals surface area contributed by atoms with Crippen LogP contribution in [0.15, 0.2) is 18.2 Å². The van der Waals surface area contributed by atoms with Gasteiger partial charge in [-0.25, -0.2) is 4.39 Å². The van der Waals surface area contributed by atoms with Gasteiger partial charge < -0.3 is 10.2 Å². The van der Waals surface area contributed by atoms with Crippen molar-refractivity contribution in [2.45, 2.75) is 56.4 Å². The molecule has 23 heavy (non-hydrogen) atoms. The van der Waals surface area contributed by atoms with Gasteiger partial charge in [-0.15, -0.1) is 0 Å². The first-order valence-electron chi connectivity index (χ1n) is 9.53. The highest BCUT2D eigenvalue weighted by atomic mass is 19.1. The first-order chi connectivity index (χ1) is 11.3. The number of halogens is 1. The lowest BCUT2D eigenvalue weighted by atomic mass is 9.61. The van der Waals surface area contributed by atoms with Gasteiger partial charge in [-0.2, -0.15) is 0 Å². The van der Waals surface area contributed by atoms with E-state index >= 15 is 0 Å². The van der Waals surface area contributed by atoms with Gasteiger partial charge in [0.15, 0.2) is 0 Å². The summed E-state index contributed by atoms with van der Waals surface area (Å²) in [6.07, 6.45) is 9.68. The third-order valence-electron chi connectivity index (χ3n) is 7.40. The molecule has 4 aliphatic rings. The summed E-state index contributed by atoms with van der Waals surface area (Å²) in [4.78, 5) is 2.77. The minimum Gasteiger partial charge on any atom is -0.384 e. The van der Waals surface area contributed by atoms with Crippen LogP contribution in [0, 0.1) is 17.7 Å². The van der Waals surface area contributed by atoms with Crippen molar-refractivity contribution in [1.82, 2.24) is 4.90 Å². The van der Waals surface area contributed by atoms with Crippen molar-refractivity contribution >= 4 is 5.69 Å². The van der Waals surface area contributed by atoms with Crippen molar-refractivity contribution in [2.24, 2.45) is 11.8 Å². The Kier molecular flexibility index (Phi) is 3.23. The summed E-state index contributed by atoms with van der Waals surface area (Å²) in [6, 6.07) is 6.15. The van der Waals surface area contributed by atoms with Crippen LogP contribution in [-0.2, 0) is 5.41 Å². The van der Waals surface area contributed by atoms with Gasteiger partial charge in [-0.1, -0.05) is 19.3 Å². The van der Waals surface area contributed by atoms with Crippen molar-refractivity contribution in [3.63, 3.8) is 0 Å².